The third-order valence-electron chi connectivity index (χ3n) is 17.5. The second-order valence-corrected chi connectivity index (χ2v) is 21.5. The first-order valence-corrected chi connectivity index (χ1v) is 27.8. The van der Waals surface area contributed by atoms with Crippen molar-refractivity contribution in [2.45, 2.75) is 5.41 Å². The SMILES string of the molecule is c1ccc(-n2c3ccccc3c3ccc(-c4ccc(N(c5ccc6c(c5)C5(c7ccccc7-6)c6ccccc6-n6c7ccccc7c7cccc5c76)c5ccccc5-c5ccccc5-c5cccc6ccccc56)cc4)cc32)cc1. The van der Waals surface area contributed by atoms with E-state index in [0.29, 0.717) is 0 Å². The zero-order valence-electron chi connectivity index (χ0n) is 43.6. The van der Waals surface area contributed by atoms with Crippen LogP contribution >= 0.6 is 0 Å². The van der Waals surface area contributed by atoms with Crippen molar-refractivity contribution in [3.63, 3.8) is 0 Å². The number of aromatic nitrogens is 2. The molecule has 15 aromatic rings. The van der Waals surface area contributed by atoms with Crippen molar-refractivity contribution in [1.82, 2.24) is 9.13 Å². The highest BCUT2D eigenvalue weighted by atomic mass is 15.1. The van der Waals surface area contributed by atoms with E-state index < -0.39 is 5.41 Å². The van der Waals surface area contributed by atoms with E-state index in [4.69, 9.17) is 0 Å². The number of nitrogens with zero attached hydrogens (tertiary/aromatic N) is 3. The Morgan fingerprint density at radius 3 is 1.64 bits per heavy atom. The summed E-state index contributed by atoms with van der Waals surface area (Å²) in [6.07, 6.45) is 0. The molecule has 0 saturated heterocycles. The van der Waals surface area contributed by atoms with Crippen LogP contribution in [0.25, 0.3) is 110 Å². The van der Waals surface area contributed by atoms with E-state index in [1.54, 1.807) is 0 Å². The van der Waals surface area contributed by atoms with Crippen molar-refractivity contribution < 1.29 is 0 Å². The summed E-state index contributed by atoms with van der Waals surface area (Å²) in [5, 5.41) is 7.50. The summed E-state index contributed by atoms with van der Waals surface area (Å²) in [7, 11) is 0. The van der Waals surface area contributed by atoms with Crippen molar-refractivity contribution in [1.29, 1.82) is 0 Å². The maximum absolute atomic E-state index is 2.53. The van der Waals surface area contributed by atoms with Crippen LogP contribution in [0.4, 0.5) is 17.1 Å². The van der Waals surface area contributed by atoms with Crippen molar-refractivity contribution in [3.05, 3.63) is 320 Å². The van der Waals surface area contributed by atoms with Gasteiger partial charge in [-0.15, -0.1) is 0 Å². The fraction of sp³-hybridized carbons (Fsp3) is 0.0130. The summed E-state index contributed by atoms with van der Waals surface area (Å²) in [6.45, 7) is 0. The van der Waals surface area contributed by atoms with Gasteiger partial charge in [0.25, 0.3) is 0 Å². The Labute approximate surface area is 463 Å². The lowest BCUT2D eigenvalue weighted by atomic mass is 9.65. The van der Waals surface area contributed by atoms with Crippen molar-refractivity contribution in [2.24, 2.45) is 0 Å². The molecule has 1 aliphatic carbocycles. The van der Waals surface area contributed by atoms with Crippen LogP contribution in [0.2, 0.25) is 0 Å². The molecule has 2 aliphatic rings. The number of fused-ring (bicyclic) bond motifs is 16. The number of rotatable bonds is 7. The lowest BCUT2D eigenvalue weighted by Crippen LogP contribution is -2.33. The van der Waals surface area contributed by atoms with Crippen LogP contribution in [0.3, 0.4) is 0 Å². The summed E-state index contributed by atoms with van der Waals surface area (Å²) in [6, 6.07) is 111. The summed E-state index contributed by atoms with van der Waals surface area (Å²) in [4.78, 5) is 2.51. The van der Waals surface area contributed by atoms with Crippen LogP contribution in [-0.2, 0) is 5.41 Å². The van der Waals surface area contributed by atoms with Gasteiger partial charge in [0.2, 0.25) is 0 Å². The first kappa shape index (κ1) is 44.6. The van der Waals surface area contributed by atoms with Crippen LogP contribution in [-0.4, -0.2) is 9.13 Å². The Hall–Kier alpha value is -10.5. The normalized spacial score (nSPS) is 14.1. The average Bonchev–Trinajstić information content (AvgIpc) is 3.67. The quantitative estimate of drug-likeness (QED) is 0.155. The van der Waals surface area contributed by atoms with E-state index in [1.807, 2.05) is 0 Å². The predicted molar refractivity (Wildman–Crippen MR) is 334 cm³/mol. The van der Waals surface area contributed by atoms with Crippen LogP contribution < -0.4 is 4.90 Å². The molecule has 13 aromatic carbocycles. The monoisotopic (exact) mass is 1020 g/mol. The number of anilines is 3. The molecule has 1 unspecified atom stereocenters. The van der Waals surface area contributed by atoms with Gasteiger partial charge in [0.05, 0.1) is 38.9 Å². The molecule has 0 amide bonds. The minimum atomic E-state index is -0.612. The Morgan fingerprint density at radius 1 is 0.275 bits per heavy atom. The number of hydrogen-bond donors (Lipinski definition) is 0. The van der Waals surface area contributed by atoms with E-state index in [0.717, 1.165) is 33.9 Å². The van der Waals surface area contributed by atoms with Crippen LogP contribution in [0.15, 0.2) is 297 Å². The molecule has 3 heteroatoms. The number of para-hydroxylation sites is 6. The fourth-order valence-corrected chi connectivity index (χ4v) is 14.2. The fourth-order valence-electron chi connectivity index (χ4n) is 14.2. The van der Waals surface area contributed by atoms with Gasteiger partial charge in [0.1, 0.15) is 0 Å². The molecule has 3 nitrogen and oxygen atoms in total. The van der Waals surface area contributed by atoms with Gasteiger partial charge in [-0.1, -0.05) is 231 Å². The van der Waals surface area contributed by atoms with E-state index in [-0.39, 0.29) is 0 Å². The van der Waals surface area contributed by atoms with E-state index >= 15 is 0 Å². The number of benzene rings is 13. The third kappa shape index (κ3) is 6.26. The van der Waals surface area contributed by atoms with E-state index in [1.165, 1.54) is 116 Å². The second kappa shape index (κ2) is 17.3. The molecule has 0 fully saturated rings. The molecule has 0 N–H and O–H groups in total. The van der Waals surface area contributed by atoms with Crippen molar-refractivity contribution in [3.8, 4) is 55.9 Å². The van der Waals surface area contributed by atoms with Gasteiger partial charge in [-0.3, -0.25) is 0 Å². The summed E-state index contributed by atoms with van der Waals surface area (Å²) in [5.41, 5.74) is 24.7. The van der Waals surface area contributed by atoms with Crippen LogP contribution in [0.5, 0.6) is 0 Å². The molecule has 1 aliphatic heterocycles. The smallest absolute Gasteiger partial charge is 0.0755 e. The molecule has 3 heterocycles. The highest BCUT2D eigenvalue weighted by Gasteiger charge is 2.51. The molecule has 1 atom stereocenters. The first-order chi connectivity index (χ1) is 39.7. The van der Waals surface area contributed by atoms with Gasteiger partial charge >= 0.3 is 0 Å². The Balaban J connectivity index is 0.901. The topological polar surface area (TPSA) is 13.1 Å². The Kier molecular flexibility index (Phi) is 9.63. The Morgan fingerprint density at radius 2 is 0.812 bits per heavy atom. The minimum absolute atomic E-state index is 0.612. The van der Waals surface area contributed by atoms with Gasteiger partial charge in [0, 0.05) is 44.2 Å². The lowest BCUT2D eigenvalue weighted by Gasteiger charge is -2.40. The molecule has 372 valence electrons. The summed E-state index contributed by atoms with van der Waals surface area (Å²) >= 11 is 0. The van der Waals surface area contributed by atoms with Gasteiger partial charge in [-0.25, -0.2) is 0 Å². The first-order valence-electron chi connectivity index (χ1n) is 27.8. The zero-order chi connectivity index (χ0) is 52.5. The predicted octanol–water partition coefficient (Wildman–Crippen LogP) is 20.2. The molecule has 80 heavy (non-hydrogen) atoms. The van der Waals surface area contributed by atoms with Gasteiger partial charge in [-0.2, -0.15) is 0 Å². The number of hydrogen-bond acceptors (Lipinski definition) is 1. The molecule has 17 rings (SSSR count). The largest absolute Gasteiger partial charge is 0.310 e. The van der Waals surface area contributed by atoms with Crippen molar-refractivity contribution in [2.75, 3.05) is 4.90 Å². The lowest BCUT2D eigenvalue weighted by molar-refractivity contribution is 0.748. The molecule has 2 aromatic heterocycles. The maximum atomic E-state index is 2.53. The molecular weight excluding hydrogens is 967 g/mol. The maximum Gasteiger partial charge on any atom is 0.0755 e. The summed E-state index contributed by atoms with van der Waals surface area (Å²) in [5.74, 6) is 0. The molecule has 0 bridgehead atoms. The second-order valence-electron chi connectivity index (χ2n) is 21.5. The van der Waals surface area contributed by atoms with Crippen LogP contribution in [0, 0.1) is 0 Å². The van der Waals surface area contributed by atoms with Gasteiger partial charge < -0.3 is 14.0 Å². The highest BCUT2D eigenvalue weighted by molar-refractivity contribution is 6.14. The van der Waals surface area contributed by atoms with Gasteiger partial charge in [-0.05, 0) is 139 Å². The molecule has 0 radical (unpaired) electrons. The van der Waals surface area contributed by atoms with Gasteiger partial charge in [0.15, 0.2) is 0 Å². The third-order valence-corrected chi connectivity index (χ3v) is 17.5. The Bertz CT molecular complexity index is 5010. The average molecular weight is 1020 g/mol. The minimum Gasteiger partial charge on any atom is -0.310 e. The highest BCUT2D eigenvalue weighted by Crippen LogP contribution is 2.62. The summed E-state index contributed by atoms with van der Waals surface area (Å²) < 4.78 is 4.93. The molecule has 0 saturated carbocycles. The molecular formula is C77H49N3. The standard InChI is InChI=1S/C77H49N3/c1-2-22-53(23-3-1)79-72-37-15-10-29-63(72)65-46-42-52(48-75(65)79)50-40-43-54(44-41-50)78(71-36-14-9-28-62(71)59-26-7-6-25-58(59)57-31-18-21-51-20-4-5-24-56(51)57)55-45-47-61-60-27-8-12-33-67(60)77(70(61)49-55)68-34-13-17-39-74(68)80-73-38-16-11-30-64(73)66-32-19-35-69(77)76(66)80/h1-49H. The van der Waals surface area contributed by atoms with E-state index in [2.05, 4.69) is 311 Å². The van der Waals surface area contributed by atoms with Crippen LogP contribution in [0.1, 0.15) is 22.3 Å². The van der Waals surface area contributed by atoms with Crippen molar-refractivity contribution >= 4 is 71.4 Å². The zero-order valence-corrected chi connectivity index (χ0v) is 43.6. The molecule has 1 spiro atoms. The van der Waals surface area contributed by atoms with E-state index in [9.17, 15) is 0 Å².